The molecule has 1 aromatic heterocycles. The monoisotopic (exact) mass is 276 g/mol. The van der Waals surface area contributed by atoms with E-state index >= 15 is 0 Å². The fraction of sp³-hybridized carbons (Fsp3) is 0.562. The second-order valence-corrected chi connectivity index (χ2v) is 6.00. The molecule has 0 spiro atoms. The lowest BCUT2D eigenvalue weighted by molar-refractivity contribution is -0.137. The Bertz CT molecular complexity index is 613. The summed E-state index contributed by atoms with van der Waals surface area (Å²) in [6, 6.07) is 2.13. The fourth-order valence-electron chi connectivity index (χ4n) is 2.81. The maximum atomic E-state index is 11.0. The van der Waals surface area contributed by atoms with Gasteiger partial charge in [0.2, 0.25) is 0 Å². The summed E-state index contributed by atoms with van der Waals surface area (Å²) in [4.78, 5) is 13.2. The average Bonchev–Trinajstić information content (AvgIpc) is 2.62. The molecule has 2 heterocycles. The van der Waals surface area contributed by atoms with Gasteiger partial charge >= 0.3 is 5.97 Å². The molecule has 1 aliphatic rings. The van der Waals surface area contributed by atoms with E-state index in [0.29, 0.717) is 5.92 Å². The number of aliphatic carboxylic acids is 1. The van der Waals surface area contributed by atoms with Gasteiger partial charge in [0.15, 0.2) is 0 Å². The summed E-state index contributed by atoms with van der Waals surface area (Å²) in [5.74, 6) is -0.269. The van der Waals surface area contributed by atoms with E-state index in [-0.39, 0.29) is 12.5 Å². The van der Waals surface area contributed by atoms with Crippen molar-refractivity contribution < 1.29 is 9.90 Å². The van der Waals surface area contributed by atoms with Crippen molar-refractivity contribution in [2.45, 2.75) is 39.8 Å². The highest BCUT2D eigenvalue weighted by Crippen LogP contribution is 2.07. The topological polar surface area (TPSA) is 45.5 Å². The Morgan fingerprint density at radius 3 is 2.80 bits per heavy atom. The minimum atomic E-state index is -0.746. The standard InChI is InChI=1S/C16H24N2O2/c1-11(2)7-15-13-8-12(3)18(15)6-5-17(4)14(9-13)10-16(19)20/h7-9,11,14H,5-6,10H2,1-4H3,(H,19,20)/b13-9+,15-7+. The number of nitrogens with zero attached hydrogens (tertiary/aromatic N) is 2. The number of aryl methyl sites for hydroxylation is 1. The van der Waals surface area contributed by atoms with Crippen molar-refractivity contribution in [2.75, 3.05) is 13.6 Å². The number of carboxylic acid groups (broad SMARTS) is 1. The average molecular weight is 276 g/mol. The molecule has 0 saturated carbocycles. The van der Waals surface area contributed by atoms with Crippen LogP contribution in [0.2, 0.25) is 0 Å². The molecule has 4 heteroatoms. The van der Waals surface area contributed by atoms with Gasteiger partial charge in [-0.25, -0.2) is 0 Å². The van der Waals surface area contributed by atoms with Crippen LogP contribution >= 0.6 is 0 Å². The van der Waals surface area contributed by atoms with E-state index in [1.165, 1.54) is 11.0 Å². The Morgan fingerprint density at radius 1 is 1.50 bits per heavy atom. The molecule has 1 unspecified atom stereocenters. The van der Waals surface area contributed by atoms with Crippen molar-refractivity contribution >= 4 is 18.1 Å². The Hall–Kier alpha value is -1.55. The summed E-state index contributed by atoms with van der Waals surface area (Å²) in [6.07, 6.45) is 4.52. The van der Waals surface area contributed by atoms with Crippen LogP contribution in [0.1, 0.15) is 26.0 Å². The van der Waals surface area contributed by atoms with E-state index in [2.05, 4.69) is 48.5 Å². The molecule has 0 saturated heterocycles. The third kappa shape index (κ3) is 3.12. The summed E-state index contributed by atoms with van der Waals surface area (Å²) in [5.41, 5.74) is 1.24. The molecule has 1 aliphatic heterocycles. The molecular weight excluding hydrogens is 252 g/mol. The second kappa shape index (κ2) is 5.83. The zero-order chi connectivity index (χ0) is 14.9. The van der Waals surface area contributed by atoms with Gasteiger partial charge in [0.05, 0.1) is 6.42 Å². The number of carboxylic acids is 1. The maximum absolute atomic E-state index is 11.0. The van der Waals surface area contributed by atoms with Gasteiger partial charge in [-0.3, -0.25) is 9.69 Å². The van der Waals surface area contributed by atoms with Crippen LogP contribution in [-0.2, 0) is 11.3 Å². The van der Waals surface area contributed by atoms with Crippen molar-refractivity contribution in [1.82, 2.24) is 9.47 Å². The molecule has 0 aliphatic carbocycles. The Balaban J connectivity index is 2.59. The first-order valence-electron chi connectivity index (χ1n) is 7.20. The molecule has 1 atom stereocenters. The molecule has 0 fully saturated rings. The third-order valence-electron chi connectivity index (χ3n) is 3.87. The fourth-order valence-corrected chi connectivity index (χ4v) is 2.81. The Kier molecular flexibility index (Phi) is 4.33. The van der Waals surface area contributed by atoms with Crippen LogP contribution < -0.4 is 10.6 Å². The van der Waals surface area contributed by atoms with Crippen LogP contribution in [0.3, 0.4) is 0 Å². The largest absolute Gasteiger partial charge is 0.481 e. The zero-order valence-electron chi connectivity index (χ0n) is 12.8. The predicted octanol–water partition coefficient (Wildman–Crippen LogP) is 0.802. The maximum Gasteiger partial charge on any atom is 0.305 e. The van der Waals surface area contributed by atoms with Crippen molar-refractivity contribution in [2.24, 2.45) is 5.92 Å². The molecular formula is C16H24N2O2. The van der Waals surface area contributed by atoms with Gasteiger partial charge in [-0.05, 0) is 31.2 Å². The number of fused-ring (bicyclic) bond motifs is 2. The van der Waals surface area contributed by atoms with Gasteiger partial charge in [0.25, 0.3) is 0 Å². The van der Waals surface area contributed by atoms with Gasteiger partial charge in [0.1, 0.15) is 0 Å². The number of rotatable bonds is 3. The quantitative estimate of drug-likeness (QED) is 0.888. The van der Waals surface area contributed by atoms with E-state index in [9.17, 15) is 4.79 Å². The van der Waals surface area contributed by atoms with E-state index in [1.54, 1.807) is 0 Å². The highest BCUT2D eigenvalue weighted by molar-refractivity contribution is 5.69. The van der Waals surface area contributed by atoms with Crippen molar-refractivity contribution in [3.63, 3.8) is 0 Å². The first kappa shape index (κ1) is 14.9. The molecule has 1 N–H and O–H groups in total. The van der Waals surface area contributed by atoms with Crippen LogP contribution in [0.5, 0.6) is 0 Å². The molecule has 0 aromatic carbocycles. The van der Waals surface area contributed by atoms with Crippen molar-refractivity contribution in [3.8, 4) is 0 Å². The molecule has 2 bridgehead atoms. The van der Waals surface area contributed by atoms with Crippen LogP contribution in [0, 0.1) is 12.8 Å². The van der Waals surface area contributed by atoms with E-state index < -0.39 is 5.97 Å². The second-order valence-electron chi connectivity index (χ2n) is 6.00. The molecule has 20 heavy (non-hydrogen) atoms. The third-order valence-corrected chi connectivity index (χ3v) is 3.87. The smallest absolute Gasteiger partial charge is 0.305 e. The number of hydrogen-bond acceptors (Lipinski definition) is 2. The molecule has 0 radical (unpaired) electrons. The Morgan fingerprint density at radius 2 is 2.20 bits per heavy atom. The molecule has 2 rings (SSSR count). The van der Waals surface area contributed by atoms with E-state index in [0.717, 1.165) is 18.3 Å². The lowest BCUT2D eigenvalue weighted by Crippen LogP contribution is -2.42. The number of carbonyl (C=O) groups is 1. The van der Waals surface area contributed by atoms with Gasteiger partial charge in [0, 0.05) is 30.2 Å². The van der Waals surface area contributed by atoms with E-state index in [4.69, 9.17) is 5.11 Å². The molecule has 1 aromatic rings. The number of likely N-dealkylation sites (N-methyl/N-ethyl adjacent to an activating group) is 1. The predicted molar refractivity (Wildman–Crippen MR) is 80.9 cm³/mol. The first-order chi connectivity index (χ1) is 9.38. The SMILES string of the molecule is Cc1cc2/c(=C\C(C)C)n1CCN(C)C(CC(=O)O)/C=2. The lowest BCUT2D eigenvalue weighted by atomic mass is 10.1. The van der Waals surface area contributed by atoms with E-state index in [1.807, 2.05) is 7.05 Å². The van der Waals surface area contributed by atoms with Crippen LogP contribution in [-0.4, -0.2) is 40.2 Å². The summed E-state index contributed by atoms with van der Waals surface area (Å²) in [6.45, 7) is 8.23. The molecule has 4 nitrogen and oxygen atoms in total. The minimum Gasteiger partial charge on any atom is -0.481 e. The summed E-state index contributed by atoms with van der Waals surface area (Å²) < 4.78 is 2.33. The van der Waals surface area contributed by atoms with Gasteiger partial charge in [-0.1, -0.05) is 26.0 Å². The van der Waals surface area contributed by atoms with Crippen molar-refractivity contribution in [1.29, 1.82) is 0 Å². The highest BCUT2D eigenvalue weighted by Gasteiger charge is 2.18. The van der Waals surface area contributed by atoms with Crippen LogP contribution in [0.4, 0.5) is 0 Å². The molecule has 0 amide bonds. The van der Waals surface area contributed by atoms with Gasteiger partial charge in [-0.15, -0.1) is 0 Å². The first-order valence-corrected chi connectivity index (χ1v) is 7.20. The van der Waals surface area contributed by atoms with Crippen molar-refractivity contribution in [3.05, 3.63) is 22.3 Å². The summed E-state index contributed by atoms with van der Waals surface area (Å²) in [7, 11) is 2.00. The summed E-state index contributed by atoms with van der Waals surface area (Å²) in [5, 5.41) is 11.5. The summed E-state index contributed by atoms with van der Waals surface area (Å²) >= 11 is 0. The minimum absolute atomic E-state index is 0.0395. The van der Waals surface area contributed by atoms with Crippen LogP contribution in [0.15, 0.2) is 6.07 Å². The zero-order valence-corrected chi connectivity index (χ0v) is 12.8. The number of hydrogen-bond donors (Lipinski definition) is 1. The van der Waals surface area contributed by atoms with Crippen LogP contribution in [0.25, 0.3) is 12.2 Å². The van der Waals surface area contributed by atoms with Gasteiger partial charge in [-0.2, -0.15) is 0 Å². The lowest BCUT2D eigenvalue weighted by Gasteiger charge is -2.26. The highest BCUT2D eigenvalue weighted by atomic mass is 16.4. The number of aromatic nitrogens is 1. The van der Waals surface area contributed by atoms with Gasteiger partial charge < -0.3 is 9.67 Å². The molecule has 110 valence electrons. The normalized spacial score (nSPS) is 22.4. The Labute approximate surface area is 120 Å².